The van der Waals surface area contributed by atoms with Gasteiger partial charge in [-0.2, -0.15) is 0 Å². The second-order valence-corrected chi connectivity index (χ2v) is 11.9. The second kappa shape index (κ2) is 9.02. The van der Waals surface area contributed by atoms with Gasteiger partial charge in [-0.05, 0) is 90.1 Å². The Morgan fingerprint density at radius 1 is 1.13 bits per heavy atom. The molecule has 0 radical (unpaired) electrons. The SMILES string of the molecule is CC(C)c1ccc2c(c1)CC[C@H]1C(C)(CNC(=S)N[C@H]3CCCC[C@@H]3N)CCC[C@]21C. The Bertz CT molecular complexity index is 806. The summed E-state index contributed by atoms with van der Waals surface area (Å²) in [6.45, 7) is 10.6. The molecule has 4 heteroatoms. The van der Waals surface area contributed by atoms with E-state index in [-0.39, 0.29) is 16.9 Å². The smallest absolute Gasteiger partial charge is 0.166 e. The third kappa shape index (κ3) is 4.53. The maximum Gasteiger partial charge on any atom is 0.166 e. The van der Waals surface area contributed by atoms with Crippen LogP contribution in [-0.2, 0) is 11.8 Å². The van der Waals surface area contributed by atoms with Crippen LogP contribution in [0.5, 0.6) is 0 Å². The molecule has 31 heavy (non-hydrogen) atoms. The molecule has 0 aliphatic heterocycles. The molecule has 0 amide bonds. The minimum absolute atomic E-state index is 0.229. The molecular weight excluding hydrogens is 398 g/mol. The second-order valence-electron chi connectivity index (χ2n) is 11.5. The van der Waals surface area contributed by atoms with Crippen molar-refractivity contribution in [1.82, 2.24) is 10.6 Å². The molecule has 2 saturated carbocycles. The van der Waals surface area contributed by atoms with E-state index in [9.17, 15) is 0 Å². The summed E-state index contributed by atoms with van der Waals surface area (Å²) in [4.78, 5) is 0. The molecule has 172 valence electrons. The number of nitrogens with two attached hydrogens (primary N) is 1. The van der Waals surface area contributed by atoms with Crippen LogP contribution in [0.1, 0.15) is 102 Å². The number of fused-ring (bicyclic) bond motifs is 3. The molecule has 3 nitrogen and oxygen atoms in total. The first kappa shape index (κ1) is 23.0. The van der Waals surface area contributed by atoms with Gasteiger partial charge in [0.15, 0.2) is 5.11 Å². The van der Waals surface area contributed by atoms with Crippen molar-refractivity contribution in [2.45, 2.75) is 109 Å². The van der Waals surface area contributed by atoms with Crippen molar-refractivity contribution in [3.63, 3.8) is 0 Å². The summed E-state index contributed by atoms with van der Waals surface area (Å²) in [5, 5.41) is 7.96. The van der Waals surface area contributed by atoms with Crippen molar-refractivity contribution in [3.8, 4) is 0 Å². The maximum atomic E-state index is 6.32. The Hall–Kier alpha value is -1.13. The van der Waals surface area contributed by atoms with E-state index in [0.717, 1.165) is 24.5 Å². The lowest BCUT2D eigenvalue weighted by Gasteiger charge is -2.55. The van der Waals surface area contributed by atoms with Crippen molar-refractivity contribution >= 4 is 17.3 Å². The molecule has 3 aliphatic carbocycles. The zero-order chi connectivity index (χ0) is 22.2. The van der Waals surface area contributed by atoms with E-state index in [1.807, 2.05) is 0 Å². The monoisotopic (exact) mass is 441 g/mol. The van der Waals surface area contributed by atoms with Crippen molar-refractivity contribution in [3.05, 3.63) is 34.9 Å². The molecule has 4 rings (SSSR count). The lowest BCUT2D eigenvalue weighted by molar-refractivity contribution is 0.0292. The number of hydrogen-bond acceptors (Lipinski definition) is 2. The van der Waals surface area contributed by atoms with Crippen molar-refractivity contribution in [2.24, 2.45) is 17.1 Å². The highest BCUT2D eigenvalue weighted by molar-refractivity contribution is 7.80. The fourth-order valence-corrected chi connectivity index (χ4v) is 7.28. The summed E-state index contributed by atoms with van der Waals surface area (Å²) in [7, 11) is 0. The molecule has 4 N–H and O–H groups in total. The standard InChI is InChI=1S/C27H43N3S/c1-18(2)19-10-12-21-20(16-19)11-13-24-26(3,14-7-15-27(21,24)4)17-29-25(31)30-23-9-6-5-8-22(23)28/h10,12,16,18,22-24H,5-9,11,13-15,17,28H2,1-4H3,(H2,29,30,31)/t22-,23-,24-,26?,27+/m0/s1. The van der Waals surface area contributed by atoms with E-state index >= 15 is 0 Å². The zero-order valence-corrected chi connectivity index (χ0v) is 20.9. The van der Waals surface area contributed by atoms with Crippen molar-refractivity contribution in [1.29, 1.82) is 0 Å². The number of benzene rings is 1. The third-order valence-corrected chi connectivity index (χ3v) is 9.22. The largest absolute Gasteiger partial charge is 0.362 e. The lowest BCUT2D eigenvalue weighted by atomic mass is 9.49. The topological polar surface area (TPSA) is 50.1 Å². The maximum absolute atomic E-state index is 6.32. The van der Waals surface area contributed by atoms with Crippen LogP contribution >= 0.6 is 12.2 Å². The Morgan fingerprint density at radius 3 is 2.65 bits per heavy atom. The van der Waals surface area contributed by atoms with Gasteiger partial charge in [0.2, 0.25) is 0 Å². The highest BCUT2D eigenvalue weighted by Gasteiger charge is 2.51. The first-order valence-corrected chi connectivity index (χ1v) is 13.1. The summed E-state index contributed by atoms with van der Waals surface area (Å²) < 4.78 is 0. The van der Waals surface area contributed by atoms with Gasteiger partial charge in [0, 0.05) is 18.6 Å². The van der Waals surface area contributed by atoms with Crippen LogP contribution in [0, 0.1) is 11.3 Å². The van der Waals surface area contributed by atoms with Gasteiger partial charge in [-0.3, -0.25) is 0 Å². The van der Waals surface area contributed by atoms with E-state index in [4.69, 9.17) is 18.0 Å². The Balaban J connectivity index is 1.46. The Morgan fingerprint density at radius 2 is 1.90 bits per heavy atom. The van der Waals surface area contributed by atoms with Gasteiger partial charge in [-0.25, -0.2) is 0 Å². The third-order valence-electron chi connectivity index (χ3n) is 8.96. The van der Waals surface area contributed by atoms with Gasteiger partial charge in [-0.15, -0.1) is 0 Å². The van der Waals surface area contributed by atoms with Crippen LogP contribution in [0.2, 0.25) is 0 Å². The van der Waals surface area contributed by atoms with Crippen LogP contribution < -0.4 is 16.4 Å². The predicted molar refractivity (Wildman–Crippen MR) is 136 cm³/mol. The van der Waals surface area contributed by atoms with Crippen LogP contribution in [0.25, 0.3) is 0 Å². The predicted octanol–water partition coefficient (Wildman–Crippen LogP) is 5.55. The lowest BCUT2D eigenvalue weighted by Crippen LogP contribution is -2.56. The molecule has 5 atom stereocenters. The fourth-order valence-electron chi connectivity index (χ4n) is 7.05. The molecule has 1 aromatic rings. The Labute approximate surface area is 195 Å². The summed E-state index contributed by atoms with van der Waals surface area (Å²) in [6, 6.07) is 7.90. The van der Waals surface area contributed by atoms with Crippen LogP contribution in [0.15, 0.2) is 18.2 Å². The molecule has 3 aliphatic rings. The normalized spacial score (nSPS) is 35.2. The fraction of sp³-hybridized carbons (Fsp3) is 0.741. The molecule has 1 aromatic carbocycles. The van der Waals surface area contributed by atoms with Gasteiger partial charge in [0.25, 0.3) is 0 Å². The minimum Gasteiger partial charge on any atom is -0.362 e. The van der Waals surface area contributed by atoms with E-state index in [1.54, 1.807) is 11.1 Å². The summed E-state index contributed by atoms with van der Waals surface area (Å²) in [5.41, 5.74) is 11.6. The van der Waals surface area contributed by atoms with E-state index < -0.39 is 0 Å². The molecule has 2 fully saturated rings. The van der Waals surface area contributed by atoms with E-state index in [0.29, 0.717) is 17.9 Å². The summed E-state index contributed by atoms with van der Waals surface area (Å²) in [6.07, 6.45) is 11.1. The average molecular weight is 442 g/mol. The molecule has 0 heterocycles. The number of thiocarbonyl (C=S) groups is 1. The van der Waals surface area contributed by atoms with Crippen molar-refractivity contribution < 1.29 is 0 Å². The van der Waals surface area contributed by atoms with Crippen LogP contribution in [0.4, 0.5) is 0 Å². The van der Waals surface area contributed by atoms with E-state index in [1.165, 1.54) is 50.5 Å². The van der Waals surface area contributed by atoms with Gasteiger partial charge in [0.05, 0.1) is 0 Å². The number of aryl methyl sites for hydroxylation is 1. The number of hydrogen-bond donors (Lipinski definition) is 3. The van der Waals surface area contributed by atoms with Gasteiger partial charge < -0.3 is 16.4 Å². The molecule has 0 spiro atoms. The average Bonchev–Trinajstić information content (AvgIpc) is 2.73. The Kier molecular flexibility index (Phi) is 6.70. The minimum atomic E-state index is 0.229. The highest BCUT2D eigenvalue weighted by Crippen LogP contribution is 2.57. The quantitative estimate of drug-likeness (QED) is 0.536. The number of nitrogens with one attached hydrogen (secondary N) is 2. The molecule has 1 unspecified atom stereocenters. The van der Waals surface area contributed by atoms with Gasteiger partial charge in [-0.1, -0.05) is 65.2 Å². The molecule has 0 aromatic heterocycles. The van der Waals surface area contributed by atoms with Crippen molar-refractivity contribution in [2.75, 3.05) is 6.54 Å². The van der Waals surface area contributed by atoms with Gasteiger partial charge in [0.1, 0.15) is 0 Å². The molecular formula is C27H43N3S. The summed E-state index contributed by atoms with van der Waals surface area (Å²) >= 11 is 5.70. The van der Waals surface area contributed by atoms with Gasteiger partial charge >= 0.3 is 0 Å². The molecule has 0 saturated heterocycles. The highest BCUT2D eigenvalue weighted by atomic mass is 32.1. The first-order chi connectivity index (χ1) is 14.7. The van der Waals surface area contributed by atoms with E-state index in [2.05, 4.69) is 56.5 Å². The summed E-state index contributed by atoms with van der Waals surface area (Å²) in [5.74, 6) is 1.29. The zero-order valence-electron chi connectivity index (χ0n) is 20.1. The van der Waals surface area contributed by atoms with Crippen LogP contribution in [-0.4, -0.2) is 23.7 Å². The molecule has 0 bridgehead atoms. The first-order valence-electron chi connectivity index (χ1n) is 12.7. The number of rotatable bonds is 4. The van der Waals surface area contributed by atoms with Crippen LogP contribution in [0.3, 0.4) is 0 Å².